The molecule has 3 aliphatic rings. The summed E-state index contributed by atoms with van der Waals surface area (Å²) in [4.78, 5) is 0. The second-order valence-corrected chi connectivity index (χ2v) is 9.44. The lowest BCUT2D eigenvalue weighted by Gasteiger charge is -2.45. The first-order chi connectivity index (χ1) is 12.7. The van der Waals surface area contributed by atoms with Crippen molar-refractivity contribution in [2.45, 2.75) is 83.5 Å². The molecule has 0 amide bonds. The topological polar surface area (TPSA) is 0 Å². The van der Waals surface area contributed by atoms with Gasteiger partial charge in [-0.15, -0.1) is 0 Å². The van der Waals surface area contributed by atoms with Gasteiger partial charge in [0.2, 0.25) is 0 Å². The second-order valence-electron chi connectivity index (χ2n) is 9.44. The van der Waals surface area contributed by atoms with Crippen LogP contribution in [0.25, 0.3) is 0 Å². The Morgan fingerprint density at radius 3 is 2.12 bits per heavy atom. The molecule has 1 aromatic rings. The lowest BCUT2D eigenvalue weighted by Crippen LogP contribution is -2.34. The zero-order valence-corrected chi connectivity index (χ0v) is 16.2. The van der Waals surface area contributed by atoms with Gasteiger partial charge in [-0.25, -0.2) is 8.78 Å². The highest BCUT2D eigenvalue weighted by Gasteiger charge is 2.39. The third-order valence-electron chi connectivity index (χ3n) is 8.21. The van der Waals surface area contributed by atoms with E-state index in [0.717, 1.165) is 42.4 Å². The summed E-state index contributed by atoms with van der Waals surface area (Å²) in [5, 5.41) is 0. The van der Waals surface area contributed by atoms with Gasteiger partial charge in [-0.2, -0.15) is 0 Å². The zero-order valence-electron chi connectivity index (χ0n) is 16.2. The van der Waals surface area contributed by atoms with Crippen molar-refractivity contribution in [3.63, 3.8) is 0 Å². The van der Waals surface area contributed by atoms with Gasteiger partial charge in [0.25, 0.3) is 0 Å². The molecule has 3 fully saturated rings. The van der Waals surface area contributed by atoms with Crippen molar-refractivity contribution in [3.8, 4) is 0 Å². The van der Waals surface area contributed by atoms with E-state index in [-0.39, 0.29) is 5.92 Å². The number of hydrogen-bond donors (Lipinski definition) is 0. The van der Waals surface area contributed by atoms with Gasteiger partial charge in [-0.3, -0.25) is 0 Å². The minimum Gasteiger partial charge on any atom is -0.204 e. The average molecular weight is 361 g/mol. The predicted octanol–water partition coefficient (Wildman–Crippen LogP) is 7.48. The molecule has 144 valence electrons. The van der Waals surface area contributed by atoms with Crippen LogP contribution in [0.4, 0.5) is 8.78 Å². The molecule has 3 aliphatic carbocycles. The van der Waals surface area contributed by atoms with E-state index < -0.39 is 11.6 Å². The normalized spacial score (nSPS) is 38.0. The molecule has 0 aliphatic heterocycles. The summed E-state index contributed by atoms with van der Waals surface area (Å²) in [5.41, 5.74) is 0.628. The quantitative estimate of drug-likeness (QED) is 0.524. The highest BCUT2D eigenvalue weighted by atomic mass is 19.2. The first-order valence-corrected chi connectivity index (χ1v) is 11.1. The molecule has 0 nitrogen and oxygen atoms in total. The number of benzene rings is 1. The molecule has 0 bridgehead atoms. The van der Waals surface area contributed by atoms with Gasteiger partial charge in [0, 0.05) is 0 Å². The summed E-state index contributed by atoms with van der Waals surface area (Å²) >= 11 is 0. The molecule has 4 unspecified atom stereocenters. The van der Waals surface area contributed by atoms with Crippen LogP contribution in [-0.4, -0.2) is 0 Å². The molecule has 0 aromatic heterocycles. The minimum atomic E-state index is -0.684. The van der Waals surface area contributed by atoms with Gasteiger partial charge in [0.1, 0.15) is 0 Å². The molecule has 1 aromatic carbocycles. The van der Waals surface area contributed by atoms with E-state index in [1.807, 2.05) is 0 Å². The Labute approximate surface area is 157 Å². The van der Waals surface area contributed by atoms with E-state index >= 15 is 0 Å². The van der Waals surface area contributed by atoms with E-state index in [4.69, 9.17) is 0 Å². The van der Waals surface area contributed by atoms with Gasteiger partial charge >= 0.3 is 0 Å². The average Bonchev–Trinajstić information content (AvgIpc) is 2.69. The molecule has 0 radical (unpaired) electrons. The van der Waals surface area contributed by atoms with E-state index in [1.165, 1.54) is 63.9 Å². The number of hydrogen-bond acceptors (Lipinski definition) is 0. The largest absolute Gasteiger partial charge is 0.204 e. The van der Waals surface area contributed by atoms with Crippen LogP contribution < -0.4 is 0 Å². The predicted molar refractivity (Wildman–Crippen MR) is 103 cm³/mol. The number of rotatable bonds is 3. The smallest absolute Gasteiger partial charge is 0.162 e. The maximum absolute atomic E-state index is 14.2. The Kier molecular flexibility index (Phi) is 5.66. The summed E-state index contributed by atoms with van der Waals surface area (Å²) in [5.74, 6) is 3.41. The Morgan fingerprint density at radius 2 is 1.38 bits per heavy atom. The summed E-state index contributed by atoms with van der Waals surface area (Å²) in [6.07, 6.45) is 14.6. The molecule has 2 heteroatoms. The number of fused-ring (bicyclic) bond motifs is 1. The summed E-state index contributed by atoms with van der Waals surface area (Å²) in [6, 6.07) is 4.72. The van der Waals surface area contributed by atoms with E-state index in [9.17, 15) is 8.78 Å². The molecule has 0 saturated heterocycles. The molecule has 3 saturated carbocycles. The Morgan fingerprint density at radius 1 is 0.769 bits per heavy atom. The van der Waals surface area contributed by atoms with Crippen LogP contribution in [0.3, 0.4) is 0 Å². The fourth-order valence-corrected chi connectivity index (χ4v) is 6.54. The standard InChI is InChI=1S/C24H34F2/c1-2-16-6-8-17(9-7-16)18-10-11-20-15-21(13-12-19(20)14-18)22-4-3-5-23(25)24(22)26/h3-5,16-21H,2,6-15H2,1H3. The van der Waals surface area contributed by atoms with Crippen LogP contribution in [0, 0.1) is 41.2 Å². The Bertz CT molecular complexity index is 602. The van der Waals surface area contributed by atoms with E-state index in [0.29, 0.717) is 5.56 Å². The number of halogens is 2. The second kappa shape index (κ2) is 7.98. The van der Waals surface area contributed by atoms with E-state index in [2.05, 4.69) is 6.92 Å². The molecule has 4 rings (SSSR count). The van der Waals surface area contributed by atoms with Crippen LogP contribution in [-0.2, 0) is 0 Å². The third-order valence-corrected chi connectivity index (χ3v) is 8.21. The Balaban J connectivity index is 1.35. The molecule has 0 spiro atoms. The molecular formula is C24H34F2. The van der Waals surface area contributed by atoms with Crippen LogP contribution >= 0.6 is 0 Å². The maximum Gasteiger partial charge on any atom is 0.162 e. The van der Waals surface area contributed by atoms with Crippen molar-refractivity contribution >= 4 is 0 Å². The zero-order chi connectivity index (χ0) is 18.1. The van der Waals surface area contributed by atoms with Crippen LogP contribution in [0.5, 0.6) is 0 Å². The van der Waals surface area contributed by atoms with Crippen molar-refractivity contribution < 1.29 is 8.78 Å². The first kappa shape index (κ1) is 18.4. The molecule has 4 atom stereocenters. The summed E-state index contributed by atoms with van der Waals surface area (Å²) in [7, 11) is 0. The van der Waals surface area contributed by atoms with Crippen LogP contribution in [0.2, 0.25) is 0 Å². The molecular weight excluding hydrogens is 326 g/mol. The summed E-state index contributed by atoms with van der Waals surface area (Å²) < 4.78 is 27.8. The minimum absolute atomic E-state index is 0.225. The highest BCUT2D eigenvalue weighted by Crippen LogP contribution is 2.51. The molecule has 26 heavy (non-hydrogen) atoms. The fraction of sp³-hybridized carbons (Fsp3) is 0.750. The highest BCUT2D eigenvalue weighted by molar-refractivity contribution is 5.23. The first-order valence-electron chi connectivity index (χ1n) is 11.1. The Hall–Kier alpha value is -0.920. The third kappa shape index (κ3) is 3.71. The van der Waals surface area contributed by atoms with Gasteiger partial charge in [-0.1, -0.05) is 38.3 Å². The van der Waals surface area contributed by atoms with E-state index in [1.54, 1.807) is 12.1 Å². The van der Waals surface area contributed by atoms with Gasteiger partial charge < -0.3 is 0 Å². The van der Waals surface area contributed by atoms with Crippen molar-refractivity contribution in [2.75, 3.05) is 0 Å². The summed E-state index contributed by atoms with van der Waals surface area (Å²) in [6.45, 7) is 2.34. The lowest BCUT2D eigenvalue weighted by atomic mass is 9.60. The van der Waals surface area contributed by atoms with Crippen LogP contribution in [0.15, 0.2) is 18.2 Å². The van der Waals surface area contributed by atoms with Gasteiger partial charge in [0.05, 0.1) is 0 Å². The van der Waals surface area contributed by atoms with Crippen molar-refractivity contribution in [1.29, 1.82) is 0 Å². The lowest BCUT2D eigenvalue weighted by molar-refractivity contribution is 0.0711. The monoisotopic (exact) mass is 360 g/mol. The fourth-order valence-electron chi connectivity index (χ4n) is 6.54. The van der Waals surface area contributed by atoms with Crippen molar-refractivity contribution in [1.82, 2.24) is 0 Å². The molecule has 0 heterocycles. The maximum atomic E-state index is 14.2. The SMILES string of the molecule is CCC1CCC(C2CCC3CC(c4cccc(F)c4F)CCC3C2)CC1. The van der Waals surface area contributed by atoms with Crippen molar-refractivity contribution in [2.24, 2.45) is 29.6 Å². The van der Waals surface area contributed by atoms with Crippen molar-refractivity contribution in [3.05, 3.63) is 35.4 Å². The molecule has 0 N–H and O–H groups in total. The van der Waals surface area contributed by atoms with Gasteiger partial charge in [0.15, 0.2) is 11.6 Å². The van der Waals surface area contributed by atoms with Crippen LogP contribution in [0.1, 0.15) is 89.0 Å². The van der Waals surface area contributed by atoms with Gasteiger partial charge in [-0.05, 0) is 98.5 Å².